The van der Waals surface area contributed by atoms with Gasteiger partial charge in [0.25, 0.3) is 0 Å². The molecule has 102 valence electrons. The van der Waals surface area contributed by atoms with Crippen LogP contribution in [0.15, 0.2) is 6.07 Å². The van der Waals surface area contributed by atoms with E-state index >= 15 is 0 Å². The van der Waals surface area contributed by atoms with Gasteiger partial charge < -0.3 is 15.2 Å². The van der Waals surface area contributed by atoms with Crippen LogP contribution in [0.1, 0.15) is 44.7 Å². The Morgan fingerprint density at radius 3 is 2.00 bits per heavy atom. The van der Waals surface area contributed by atoms with Crippen LogP contribution < -0.4 is 15.2 Å². The van der Waals surface area contributed by atoms with Crippen LogP contribution >= 0.6 is 11.6 Å². The minimum Gasteiger partial charge on any atom is -0.492 e. The monoisotopic (exact) mass is 271 g/mol. The van der Waals surface area contributed by atoms with Crippen LogP contribution in [0.2, 0.25) is 5.02 Å². The standard InChI is InChI=1S/C14H22ClNO2/c1-8(2)11-9(14(3,4)16)7-10(15)12(17-5)13(11)18-6/h7-8H,16H2,1-6H3. The lowest BCUT2D eigenvalue weighted by Gasteiger charge is -2.28. The molecule has 0 radical (unpaired) electrons. The van der Waals surface area contributed by atoms with Gasteiger partial charge in [0.2, 0.25) is 0 Å². The molecule has 1 aromatic rings. The SMILES string of the molecule is COc1c(Cl)cc(C(C)(C)N)c(C(C)C)c1OC. The van der Waals surface area contributed by atoms with E-state index in [0.29, 0.717) is 16.5 Å². The highest BCUT2D eigenvalue weighted by Gasteiger charge is 2.27. The summed E-state index contributed by atoms with van der Waals surface area (Å²) in [6, 6.07) is 1.87. The third-order valence-electron chi connectivity index (χ3n) is 2.91. The van der Waals surface area contributed by atoms with Crippen molar-refractivity contribution in [2.45, 2.75) is 39.2 Å². The Hall–Kier alpha value is -0.930. The van der Waals surface area contributed by atoms with Crippen LogP contribution in [0.4, 0.5) is 0 Å². The summed E-state index contributed by atoms with van der Waals surface area (Å²) in [5, 5.41) is 0.521. The second-order valence-electron chi connectivity index (χ2n) is 5.26. The molecule has 2 N–H and O–H groups in total. The van der Waals surface area contributed by atoms with Gasteiger partial charge in [-0.2, -0.15) is 0 Å². The molecule has 0 spiro atoms. The summed E-state index contributed by atoms with van der Waals surface area (Å²) < 4.78 is 10.8. The lowest BCUT2D eigenvalue weighted by Crippen LogP contribution is -2.30. The van der Waals surface area contributed by atoms with E-state index in [0.717, 1.165) is 11.1 Å². The van der Waals surface area contributed by atoms with E-state index < -0.39 is 5.54 Å². The van der Waals surface area contributed by atoms with Crippen molar-refractivity contribution < 1.29 is 9.47 Å². The lowest BCUT2D eigenvalue weighted by atomic mass is 9.85. The first-order valence-corrected chi connectivity index (χ1v) is 6.35. The van der Waals surface area contributed by atoms with Crippen molar-refractivity contribution in [3.8, 4) is 11.5 Å². The predicted octanol–water partition coefficient (Wildman–Crippen LogP) is 3.67. The summed E-state index contributed by atoms with van der Waals surface area (Å²) in [6.07, 6.45) is 0. The van der Waals surface area contributed by atoms with E-state index in [1.807, 2.05) is 19.9 Å². The van der Waals surface area contributed by atoms with Gasteiger partial charge in [0.15, 0.2) is 11.5 Å². The van der Waals surface area contributed by atoms with E-state index in [2.05, 4.69) is 13.8 Å². The highest BCUT2D eigenvalue weighted by molar-refractivity contribution is 6.32. The Labute approximate surface area is 114 Å². The molecule has 0 saturated carbocycles. The fourth-order valence-electron chi connectivity index (χ4n) is 2.12. The summed E-state index contributed by atoms with van der Waals surface area (Å²) in [4.78, 5) is 0. The van der Waals surface area contributed by atoms with Crippen LogP contribution in [0.5, 0.6) is 11.5 Å². The van der Waals surface area contributed by atoms with Crippen molar-refractivity contribution in [1.82, 2.24) is 0 Å². The topological polar surface area (TPSA) is 44.5 Å². The second kappa shape index (κ2) is 5.37. The van der Waals surface area contributed by atoms with Crippen molar-refractivity contribution in [3.63, 3.8) is 0 Å². The zero-order valence-corrected chi connectivity index (χ0v) is 12.7. The molecule has 0 aliphatic carbocycles. The molecular formula is C14H22ClNO2. The van der Waals surface area contributed by atoms with E-state index in [1.54, 1.807) is 14.2 Å². The Morgan fingerprint density at radius 2 is 1.67 bits per heavy atom. The number of benzene rings is 1. The largest absolute Gasteiger partial charge is 0.492 e. The molecule has 0 unspecified atom stereocenters. The summed E-state index contributed by atoms with van der Waals surface area (Å²) >= 11 is 6.24. The number of methoxy groups -OCH3 is 2. The predicted molar refractivity (Wildman–Crippen MR) is 75.9 cm³/mol. The van der Waals surface area contributed by atoms with E-state index in [1.165, 1.54) is 0 Å². The first-order valence-electron chi connectivity index (χ1n) is 5.97. The van der Waals surface area contributed by atoms with E-state index in [4.69, 9.17) is 26.8 Å². The molecule has 0 saturated heterocycles. The molecule has 1 aromatic carbocycles. The van der Waals surface area contributed by atoms with Crippen molar-refractivity contribution in [2.75, 3.05) is 14.2 Å². The number of halogens is 1. The molecule has 18 heavy (non-hydrogen) atoms. The molecule has 1 rings (SSSR count). The van der Waals surface area contributed by atoms with Gasteiger partial charge in [-0.05, 0) is 31.4 Å². The van der Waals surface area contributed by atoms with Crippen molar-refractivity contribution in [2.24, 2.45) is 5.73 Å². The van der Waals surface area contributed by atoms with Crippen molar-refractivity contribution >= 4 is 11.6 Å². The maximum absolute atomic E-state index is 6.24. The molecule has 0 aliphatic rings. The minimum absolute atomic E-state index is 0.268. The average Bonchev–Trinajstić information content (AvgIpc) is 2.25. The lowest BCUT2D eigenvalue weighted by molar-refractivity contribution is 0.348. The summed E-state index contributed by atoms with van der Waals surface area (Å²) in [5.74, 6) is 1.51. The molecule has 0 heterocycles. The molecule has 0 amide bonds. The number of nitrogens with two attached hydrogens (primary N) is 1. The zero-order chi connectivity index (χ0) is 14.1. The van der Waals surface area contributed by atoms with Crippen LogP contribution in [-0.4, -0.2) is 14.2 Å². The minimum atomic E-state index is -0.483. The second-order valence-corrected chi connectivity index (χ2v) is 5.67. The van der Waals surface area contributed by atoms with Gasteiger partial charge in [0.05, 0.1) is 19.2 Å². The number of ether oxygens (including phenoxy) is 2. The first-order chi connectivity index (χ1) is 8.23. The van der Waals surface area contributed by atoms with Crippen LogP contribution in [0, 0.1) is 0 Å². The summed E-state index contributed by atoms with van der Waals surface area (Å²) in [5.41, 5.74) is 7.77. The Bertz CT molecular complexity index is 436. The van der Waals surface area contributed by atoms with E-state index in [9.17, 15) is 0 Å². The third-order valence-corrected chi connectivity index (χ3v) is 3.19. The zero-order valence-electron chi connectivity index (χ0n) is 11.9. The third kappa shape index (κ3) is 2.73. The first kappa shape index (κ1) is 15.1. The maximum atomic E-state index is 6.24. The fourth-order valence-corrected chi connectivity index (χ4v) is 2.39. The van der Waals surface area contributed by atoms with E-state index in [-0.39, 0.29) is 5.92 Å². The van der Waals surface area contributed by atoms with Gasteiger partial charge in [0.1, 0.15) is 0 Å². The number of hydrogen-bond donors (Lipinski definition) is 1. The van der Waals surface area contributed by atoms with Gasteiger partial charge >= 0.3 is 0 Å². The van der Waals surface area contributed by atoms with Gasteiger partial charge in [0, 0.05) is 11.1 Å². The van der Waals surface area contributed by atoms with Crippen molar-refractivity contribution in [3.05, 3.63) is 22.2 Å². The van der Waals surface area contributed by atoms with Gasteiger partial charge in [-0.3, -0.25) is 0 Å². The van der Waals surface area contributed by atoms with Crippen molar-refractivity contribution in [1.29, 1.82) is 0 Å². The van der Waals surface area contributed by atoms with Crippen LogP contribution in [-0.2, 0) is 5.54 Å². The molecule has 4 heteroatoms. The smallest absolute Gasteiger partial charge is 0.179 e. The average molecular weight is 272 g/mol. The van der Waals surface area contributed by atoms with Crippen LogP contribution in [0.3, 0.4) is 0 Å². The molecule has 0 fully saturated rings. The van der Waals surface area contributed by atoms with Gasteiger partial charge in [-0.15, -0.1) is 0 Å². The Balaban J connectivity index is 3.69. The number of rotatable bonds is 4. The Kier molecular flexibility index (Phi) is 4.51. The molecule has 0 atom stereocenters. The normalized spacial score (nSPS) is 11.8. The fraction of sp³-hybridized carbons (Fsp3) is 0.571. The highest BCUT2D eigenvalue weighted by Crippen LogP contribution is 2.45. The Morgan fingerprint density at radius 1 is 1.17 bits per heavy atom. The molecule has 3 nitrogen and oxygen atoms in total. The van der Waals surface area contributed by atoms with Crippen LogP contribution in [0.25, 0.3) is 0 Å². The molecular weight excluding hydrogens is 250 g/mol. The maximum Gasteiger partial charge on any atom is 0.179 e. The summed E-state index contributed by atoms with van der Waals surface area (Å²) in [6.45, 7) is 8.10. The highest BCUT2D eigenvalue weighted by atomic mass is 35.5. The number of hydrogen-bond acceptors (Lipinski definition) is 3. The molecule has 0 bridgehead atoms. The molecule has 0 aromatic heterocycles. The summed E-state index contributed by atoms with van der Waals surface area (Å²) in [7, 11) is 3.20. The van der Waals surface area contributed by atoms with Gasteiger partial charge in [-0.25, -0.2) is 0 Å². The quantitative estimate of drug-likeness (QED) is 0.909. The van der Waals surface area contributed by atoms with Gasteiger partial charge in [-0.1, -0.05) is 25.4 Å². The molecule has 0 aliphatic heterocycles.